The summed E-state index contributed by atoms with van der Waals surface area (Å²) in [5, 5.41) is 4.48. The predicted octanol–water partition coefficient (Wildman–Crippen LogP) is 3.63. The molecule has 1 N–H and O–H groups in total. The number of hydrogen-bond acceptors (Lipinski definition) is 2. The maximum Gasteiger partial charge on any atom is 0.256 e. The summed E-state index contributed by atoms with van der Waals surface area (Å²) >= 11 is 0. The van der Waals surface area contributed by atoms with Crippen molar-refractivity contribution >= 4 is 22.4 Å². The Morgan fingerprint density at radius 2 is 1.85 bits per heavy atom. The number of amides is 1. The van der Waals surface area contributed by atoms with Gasteiger partial charge in [-0.2, -0.15) is 0 Å². The number of nitrogens with one attached hydrogen (secondary N) is 1. The highest BCUT2D eigenvalue weighted by Gasteiger charge is 2.10. The number of rotatable bonds is 2. The number of hydrogen-bond donors (Lipinski definition) is 1. The minimum atomic E-state index is -0.336. The molecule has 3 rings (SSSR count). The first-order valence-corrected chi connectivity index (χ1v) is 6.14. The highest BCUT2D eigenvalue weighted by molar-refractivity contribution is 6.12. The monoisotopic (exact) mass is 266 g/mol. The first kappa shape index (κ1) is 12.3. The lowest BCUT2D eigenvalue weighted by Crippen LogP contribution is -2.12. The lowest BCUT2D eigenvalue weighted by atomic mass is 10.1. The van der Waals surface area contributed by atoms with Gasteiger partial charge in [0.05, 0.1) is 0 Å². The number of fused-ring (bicyclic) bond motifs is 1. The Hall–Kier alpha value is -2.75. The van der Waals surface area contributed by atoms with Crippen LogP contribution in [0.4, 0.5) is 10.1 Å². The summed E-state index contributed by atoms with van der Waals surface area (Å²) in [5.74, 6) is -0.576. The topological polar surface area (TPSA) is 42.0 Å². The normalized spacial score (nSPS) is 10.4. The minimum absolute atomic E-state index is 0.241. The Bertz CT molecular complexity index is 764. The number of nitrogens with zero attached hydrogens (tertiary/aromatic N) is 1. The molecule has 0 fully saturated rings. The molecule has 0 saturated carbocycles. The van der Waals surface area contributed by atoms with E-state index in [1.807, 2.05) is 18.2 Å². The molecular weight excluding hydrogens is 255 g/mol. The lowest BCUT2D eigenvalue weighted by molar-refractivity contribution is 0.102. The summed E-state index contributed by atoms with van der Waals surface area (Å²) in [6.07, 6.45) is 3.35. The average Bonchev–Trinajstić information content (AvgIpc) is 2.49. The summed E-state index contributed by atoms with van der Waals surface area (Å²) in [6.45, 7) is 0. The molecule has 1 aromatic heterocycles. The van der Waals surface area contributed by atoms with Crippen molar-refractivity contribution in [2.75, 3.05) is 5.32 Å². The third kappa shape index (κ3) is 2.36. The zero-order chi connectivity index (χ0) is 13.9. The van der Waals surface area contributed by atoms with Crippen LogP contribution < -0.4 is 5.32 Å². The number of carbonyl (C=O) groups excluding carboxylic acids is 1. The first-order chi connectivity index (χ1) is 9.74. The van der Waals surface area contributed by atoms with Crippen LogP contribution in [-0.2, 0) is 0 Å². The average molecular weight is 266 g/mol. The molecular formula is C16H11FN2O. The summed E-state index contributed by atoms with van der Waals surface area (Å²) in [4.78, 5) is 16.3. The van der Waals surface area contributed by atoms with E-state index in [1.165, 1.54) is 24.3 Å². The molecule has 0 spiro atoms. The van der Waals surface area contributed by atoms with Crippen molar-refractivity contribution in [1.29, 1.82) is 0 Å². The molecule has 0 aliphatic rings. The van der Waals surface area contributed by atoms with E-state index in [0.29, 0.717) is 11.3 Å². The summed E-state index contributed by atoms with van der Waals surface area (Å²) in [6, 6.07) is 13.0. The second-order valence-electron chi connectivity index (χ2n) is 4.36. The van der Waals surface area contributed by atoms with E-state index in [-0.39, 0.29) is 11.7 Å². The van der Waals surface area contributed by atoms with E-state index >= 15 is 0 Å². The van der Waals surface area contributed by atoms with Gasteiger partial charge in [-0.05, 0) is 41.8 Å². The van der Waals surface area contributed by atoms with Gasteiger partial charge >= 0.3 is 0 Å². The third-order valence-corrected chi connectivity index (χ3v) is 3.03. The van der Waals surface area contributed by atoms with E-state index in [9.17, 15) is 9.18 Å². The molecule has 3 nitrogen and oxygen atoms in total. The van der Waals surface area contributed by atoms with Crippen LogP contribution in [0.5, 0.6) is 0 Å². The Balaban J connectivity index is 1.94. The van der Waals surface area contributed by atoms with Gasteiger partial charge in [0.2, 0.25) is 0 Å². The number of anilines is 1. The molecule has 1 amide bonds. The zero-order valence-corrected chi connectivity index (χ0v) is 10.5. The molecule has 4 heteroatoms. The second kappa shape index (κ2) is 5.09. The van der Waals surface area contributed by atoms with Gasteiger partial charge in [0.25, 0.3) is 5.91 Å². The van der Waals surface area contributed by atoms with Crippen molar-refractivity contribution in [2.45, 2.75) is 0 Å². The van der Waals surface area contributed by atoms with Gasteiger partial charge in [0.15, 0.2) is 0 Å². The molecule has 0 atom stereocenters. The number of benzene rings is 2. The molecule has 2 aromatic carbocycles. The molecule has 0 unspecified atom stereocenters. The fraction of sp³-hybridized carbons (Fsp3) is 0. The van der Waals surface area contributed by atoms with E-state index in [4.69, 9.17) is 0 Å². The van der Waals surface area contributed by atoms with Gasteiger partial charge in [-0.3, -0.25) is 9.78 Å². The lowest BCUT2D eigenvalue weighted by Gasteiger charge is -2.07. The smallest absolute Gasteiger partial charge is 0.256 e. The van der Waals surface area contributed by atoms with Gasteiger partial charge in [0, 0.05) is 29.0 Å². The predicted molar refractivity (Wildman–Crippen MR) is 76.1 cm³/mol. The van der Waals surface area contributed by atoms with E-state index < -0.39 is 0 Å². The zero-order valence-electron chi connectivity index (χ0n) is 10.5. The molecule has 98 valence electrons. The standard InChI is InChI=1S/C16H11FN2O/c17-12-4-6-13(7-5-12)19-16(20)14-3-1-2-11-8-9-18-10-15(11)14/h1-10H,(H,19,20). The summed E-state index contributed by atoms with van der Waals surface area (Å²) in [5.41, 5.74) is 1.09. The molecule has 1 heterocycles. The van der Waals surface area contributed by atoms with Crippen molar-refractivity contribution in [3.05, 3.63) is 72.3 Å². The van der Waals surface area contributed by atoms with Crippen molar-refractivity contribution in [2.24, 2.45) is 0 Å². The van der Waals surface area contributed by atoms with Gasteiger partial charge in [-0.25, -0.2) is 4.39 Å². The third-order valence-electron chi connectivity index (χ3n) is 3.03. The maximum atomic E-state index is 12.8. The van der Waals surface area contributed by atoms with Crippen molar-refractivity contribution in [1.82, 2.24) is 4.98 Å². The van der Waals surface area contributed by atoms with E-state index in [1.54, 1.807) is 18.5 Å². The fourth-order valence-corrected chi connectivity index (χ4v) is 2.04. The van der Waals surface area contributed by atoms with Crippen molar-refractivity contribution < 1.29 is 9.18 Å². The van der Waals surface area contributed by atoms with Crippen LogP contribution in [0.2, 0.25) is 0 Å². The van der Waals surface area contributed by atoms with Crippen LogP contribution in [0.15, 0.2) is 60.9 Å². The molecule has 0 radical (unpaired) electrons. The maximum absolute atomic E-state index is 12.8. The Morgan fingerprint density at radius 1 is 1.05 bits per heavy atom. The fourth-order valence-electron chi connectivity index (χ4n) is 2.04. The highest BCUT2D eigenvalue weighted by atomic mass is 19.1. The molecule has 0 aliphatic carbocycles. The number of carbonyl (C=O) groups is 1. The number of pyridine rings is 1. The van der Waals surface area contributed by atoms with Crippen LogP contribution in [0.25, 0.3) is 10.8 Å². The Labute approximate surface area is 115 Å². The number of aromatic nitrogens is 1. The SMILES string of the molecule is O=C(Nc1ccc(F)cc1)c1cccc2ccncc12. The summed E-state index contributed by atoms with van der Waals surface area (Å²) < 4.78 is 12.8. The van der Waals surface area contributed by atoms with Crippen LogP contribution in [-0.4, -0.2) is 10.9 Å². The van der Waals surface area contributed by atoms with Gasteiger partial charge in [-0.1, -0.05) is 12.1 Å². The molecule has 0 aliphatic heterocycles. The van der Waals surface area contributed by atoms with Gasteiger partial charge in [0.1, 0.15) is 5.82 Å². The molecule has 3 aromatic rings. The number of halogens is 1. The second-order valence-corrected chi connectivity index (χ2v) is 4.36. The Morgan fingerprint density at radius 3 is 2.65 bits per heavy atom. The highest BCUT2D eigenvalue weighted by Crippen LogP contribution is 2.19. The van der Waals surface area contributed by atoms with Gasteiger partial charge < -0.3 is 5.32 Å². The quantitative estimate of drug-likeness (QED) is 0.769. The van der Waals surface area contributed by atoms with Crippen LogP contribution >= 0.6 is 0 Å². The summed E-state index contributed by atoms with van der Waals surface area (Å²) in [7, 11) is 0. The van der Waals surface area contributed by atoms with Crippen molar-refractivity contribution in [3.63, 3.8) is 0 Å². The molecule has 0 bridgehead atoms. The first-order valence-electron chi connectivity index (χ1n) is 6.14. The van der Waals surface area contributed by atoms with Gasteiger partial charge in [-0.15, -0.1) is 0 Å². The molecule has 20 heavy (non-hydrogen) atoms. The van der Waals surface area contributed by atoms with Crippen molar-refractivity contribution in [3.8, 4) is 0 Å². The Kier molecular flexibility index (Phi) is 3.13. The van der Waals surface area contributed by atoms with E-state index in [2.05, 4.69) is 10.3 Å². The molecule has 0 saturated heterocycles. The van der Waals surface area contributed by atoms with E-state index in [0.717, 1.165) is 10.8 Å². The van der Waals surface area contributed by atoms with Crippen LogP contribution in [0.3, 0.4) is 0 Å². The van der Waals surface area contributed by atoms with Crippen LogP contribution in [0.1, 0.15) is 10.4 Å². The van der Waals surface area contributed by atoms with Crippen LogP contribution in [0, 0.1) is 5.82 Å². The minimum Gasteiger partial charge on any atom is -0.322 e. The largest absolute Gasteiger partial charge is 0.322 e.